The van der Waals surface area contributed by atoms with E-state index >= 15 is 0 Å². The molecule has 0 saturated heterocycles. The molecule has 2 rings (SSSR count). The summed E-state index contributed by atoms with van der Waals surface area (Å²) >= 11 is 0. The second-order valence-corrected chi connectivity index (χ2v) is 5.71. The molecule has 0 bridgehead atoms. The fourth-order valence-electron chi connectivity index (χ4n) is 2.58. The molecule has 2 aromatic carbocycles. The van der Waals surface area contributed by atoms with Crippen molar-refractivity contribution in [3.05, 3.63) is 58.7 Å². The number of hydrogen-bond acceptors (Lipinski definition) is 5. The molecule has 0 aromatic heterocycles. The van der Waals surface area contributed by atoms with Crippen LogP contribution < -0.4 is 4.74 Å². The quantitative estimate of drug-likeness (QED) is 0.734. The van der Waals surface area contributed by atoms with Gasteiger partial charge in [0.25, 0.3) is 0 Å². The first-order valence-electron chi connectivity index (χ1n) is 7.71. The largest absolute Gasteiger partial charge is 0.457 e. The lowest BCUT2D eigenvalue weighted by Crippen LogP contribution is -2.07. The molecule has 0 aliphatic heterocycles. The van der Waals surface area contributed by atoms with Crippen molar-refractivity contribution in [1.29, 1.82) is 0 Å². The van der Waals surface area contributed by atoms with Gasteiger partial charge in [-0.1, -0.05) is 12.1 Å². The zero-order valence-electron chi connectivity index (χ0n) is 14.5. The van der Waals surface area contributed by atoms with Crippen molar-refractivity contribution in [2.45, 2.75) is 27.7 Å². The lowest BCUT2D eigenvalue weighted by molar-refractivity contribution is 0.0978. The molecule has 0 fully saturated rings. The third-order valence-corrected chi connectivity index (χ3v) is 3.74. The molecule has 25 heavy (non-hydrogen) atoms. The summed E-state index contributed by atoms with van der Waals surface area (Å²) in [5.41, 5.74) is 1.02. The van der Waals surface area contributed by atoms with Crippen molar-refractivity contribution >= 4 is 23.1 Å². The van der Waals surface area contributed by atoms with Gasteiger partial charge in [0.2, 0.25) is 0 Å². The SMILES string of the molecule is CC(=O)c1ccc(Oc2cccc(C(C)=O)c2C(C)=O)cc1C(C)=O. The predicted octanol–water partition coefficient (Wildman–Crippen LogP) is 4.29. The average Bonchev–Trinajstić information content (AvgIpc) is 2.53. The van der Waals surface area contributed by atoms with Gasteiger partial charge in [0, 0.05) is 16.7 Å². The van der Waals surface area contributed by atoms with Crippen LogP contribution in [-0.2, 0) is 0 Å². The van der Waals surface area contributed by atoms with Gasteiger partial charge in [-0.3, -0.25) is 19.2 Å². The van der Waals surface area contributed by atoms with Gasteiger partial charge in [-0.2, -0.15) is 0 Å². The Labute approximate surface area is 145 Å². The van der Waals surface area contributed by atoms with Gasteiger partial charge in [0.05, 0.1) is 5.56 Å². The summed E-state index contributed by atoms with van der Waals surface area (Å²) in [5.74, 6) is -0.497. The molecule has 0 saturated carbocycles. The van der Waals surface area contributed by atoms with Crippen LogP contribution in [-0.4, -0.2) is 23.1 Å². The van der Waals surface area contributed by atoms with E-state index in [1.165, 1.54) is 39.8 Å². The van der Waals surface area contributed by atoms with E-state index in [1.807, 2.05) is 0 Å². The molecule has 0 amide bonds. The lowest BCUT2D eigenvalue weighted by atomic mass is 9.99. The highest BCUT2D eigenvalue weighted by molar-refractivity contribution is 6.09. The van der Waals surface area contributed by atoms with Crippen LogP contribution in [0.25, 0.3) is 0 Å². The minimum absolute atomic E-state index is 0.190. The fraction of sp³-hybridized carbons (Fsp3) is 0.200. The normalized spacial score (nSPS) is 10.2. The summed E-state index contributed by atoms with van der Waals surface area (Å²) in [6, 6.07) is 9.28. The Kier molecular flexibility index (Phi) is 5.27. The highest BCUT2D eigenvalue weighted by atomic mass is 16.5. The number of ether oxygens (including phenoxy) is 1. The van der Waals surface area contributed by atoms with Crippen molar-refractivity contribution < 1.29 is 23.9 Å². The number of carbonyl (C=O) groups is 4. The van der Waals surface area contributed by atoms with Gasteiger partial charge < -0.3 is 4.74 Å². The van der Waals surface area contributed by atoms with Crippen molar-refractivity contribution in [3.63, 3.8) is 0 Å². The Morgan fingerprint density at radius 3 is 1.80 bits per heavy atom. The van der Waals surface area contributed by atoms with E-state index in [2.05, 4.69) is 0 Å². The molecule has 0 atom stereocenters. The molecule has 5 nitrogen and oxygen atoms in total. The third kappa shape index (κ3) is 3.88. The maximum absolute atomic E-state index is 12.0. The van der Waals surface area contributed by atoms with E-state index < -0.39 is 0 Å². The van der Waals surface area contributed by atoms with Gasteiger partial charge in [-0.25, -0.2) is 0 Å². The summed E-state index contributed by atoms with van der Waals surface area (Å²) in [5, 5.41) is 0. The Balaban J connectivity index is 2.54. The van der Waals surface area contributed by atoms with Crippen LogP contribution in [0.5, 0.6) is 11.5 Å². The van der Waals surface area contributed by atoms with Crippen LogP contribution in [0.1, 0.15) is 69.1 Å². The summed E-state index contributed by atoms with van der Waals surface area (Å²) in [6.45, 7) is 5.48. The van der Waals surface area contributed by atoms with Gasteiger partial charge in [0.1, 0.15) is 11.5 Å². The molecule has 0 unspecified atom stereocenters. The first kappa shape index (κ1) is 18.3. The Bertz CT molecular complexity index is 893. The number of hydrogen-bond donors (Lipinski definition) is 0. The third-order valence-electron chi connectivity index (χ3n) is 3.74. The Morgan fingerprint density at radius 1 is 0.680 bits per heavy atom. The van der Waals surface area contributed by atoms with Gasteiger partial charge in [-0.15, -0.1) is 0 Å². The molecule has 5 heteroatoms. The summed E-state index contributed by atoms with van der Waals surface area (Å²) < 4.78 is 5.75. The van der Waals surface area contributed by atoms with Gasteiger partial charge >= 0.3 is 0 Å². The van der Waals surface area contributed by atoms with E-state index in [0.717, 1.165) is 0 Å². The number of carbonyl (C=O) groups excluding carboxylic acids is 4. The van der Waals surface area contributed by atoms with Crippen LogP contribution in [0, 0.1) is 0 Å². The van der Waals surface area contributed by atoms with E-state index in [-0.39, 0.29) is 45.6 Å². The monoisotopic (exact) mass is 338 g/mol. The Morgan fingerprint density at radius 2 is 1.28 bits per heavy atom. The Hall–Kier alpha value is -3.08. The fourth-order valence-corrected chi connectivity index (χ4v) is 2.58. The molecule has 0 spiro atoms. The van der Waals surface area contributed by atoms with Crippen molar-refractivity contribution in [2.75, 3.05) is 0 Å². The van der Waals surface area contributed by atoms with Crippen LogP contribution in [0.2, 0.25) is 0 Å². The minimum atomic E-state index is -0.298. The maximum Gasteiger partial charge on any atom is 0.164 e. The molecule has 0 N–H and O–H groups in total. The molecular weight excluding hydrogens is 320 g/mol. The van der Waals surface area contributed by atoms with E-state index in [0.29, 0.717) is 11.3 Å². The van der Waals surface area contributed by atoms with Gasteiger partial charge in [-0.05, 0) is 52.0 Å². The molecular formula is C20H18O5. The number of Topliss-reactive ketones (excluding diaryl/α,β-unsaturated/α-hetero) is 4. The van der Waals surface area contributed by atoms with E-state index in [9.17, 15) is 19.2 Å². The van der Waals surface area contributed by atoms with Gasteiger partial charge in [0.15, 0.2) is 23.1 Å². The molecule has 2 aromatic rings. The van der Waals surface area contributed by atoms with Crippen molar-refractivity contribution in [2.24, 2.45) is 0 Å². The lowest BCUT2D eigenvalue weighted by Gasteiger charge is -2.13. The first-order valence-corrected chi connectivity index (χ1v) is 7.71. The molecule has 0 radical (unpaired) electrons. The number of ketones is 4. The molecule has 0 heterocycles. The summed E-state index contributed by atoms with van der Waals surface area (Å²) in [6.07, 6.45) is 0. The second kappa shape index (κ2) is 7.21. The summed E-state index contributed by atoms with van der Waals surface area (Å²) in [7, 11) is 0. The smallest absolute Gasteiger partial charge is 0.164 e. The highest BCUT2D eigenvalue weighted by Crippen LogP contribution is 2.30. The zero-order chi connectivity index (χ0) is 18.7. The van der Waals surface area contributed by atoms with Crippen molar-refractivity contribution in [3.8, 4) is 11.5 Å². The van der Waals surface area contributed by atoms with Crippen molar-refractivity contribution in [1.82, 2.24) is 0 Å². The topological polar surface area (TPSA) is 77.5 Å². The standard InChI is InChI=1S/C20H18O5/c1-11(21)16-9-8-15(10-18(16)13(3)23)25-19-7-5-6-17(12(2)22)20(19)14(4)24/h5-10H,1-4H3. The van der Waals surface area contributed by atoms with E-state index in [4.69, 9.17) is 4.74 Å². The van der Waals surface area contributed by atoms with Crippen LogP contribution in [0.15, 0.2) is 36.4 Å². The second-order valence-electron chi connectivity index (χ2n) is 5.71. The summed E-state index contributed by atoms with van der Waals surface area (Å²) in [4.78, 5) is 47.1. The molecule has 0 aliphatic rings. The molecule has 128 valence electrons. The first-order chi connectivity index (χ1) is 11.7. The number of rotatable bonds is 6. The zero-order valence-corrected chi connectivity index (χ0v) is 14.5. The van der Waals surface area contributed by atoms with Crippen LogP contribution in [0.4, 0.5) is 0 Å². The van der Waals surface area contributed by atoms with Crippen LogP contribution >= 0.6 is 0 Å². The average molecular weight is 338 g/mol. The maximum atomic E-state index is 12.0. The molecule has 0 aliphatic carbocycles. The van der Waals surface area contributed by atoms with Crippen LogP contribution in [0.3, 0.4) is 0 Å². The minimum Gasteiger partial charge on any atom is -0.457 e. The van der Waals surface area contributed by atoms with E-state index in [1.54, 1.807) is 24.3 Å². The highest BCUT2D eigenvalue weighted by Gasteiger charge is 2.18. The predicted molar refractivity (Wildman–Crippen MR) is 93.0 cm³/mol. The number of benzene rings is 2.